The number of fused-ring (bicyclic) bond motifs is 1. The van der Waals surface area contributed by atoms with Crippen LogP contribution in [0.5, 0.6) is 0 Å². The molecule has 4 rings (SSSR count). The highest BCUT2D eigenvalue weighted by Crippen LogP contribution is 2.40. The summed E-state index contributed by atoms with van der Waals surface area (Å²) >= 11 is 1.32. The van der Waals surface area contributed by atoms with Gasteiger partial charge in [0, 0.05) is 42.7 Å². The quantitative estimate of drug-likeness (QED) is 0.460. The summed E-state index contributed by atoms with van der Waals surface area (Å²) in [5, 5.41) is 6.15. The average Bonchev–Trinajstić information content (AvgIpc) is 3.11. The maximum absolute atomic E-state index is 13.1. The Morgan fingerprint density at radius 3 is 2.81 bits per heavy atom. The minimum absolute atomic E-state index is 0.0908. The molecule has 2 heterocycles. The summed E-state index contributed by atoms with van der Waals surface area (Å²) in [6.45, 7) is 1.98. The second kappa shape index (κ2) is 9.36. The van der Waals surface area contributed by atoms with E-state index in [0.717, 1.165) is 34.7 Å². The fourth-order valence-electron chi connectivity index (χ4n) is 3.86. The van der Waals surface area contributed by atoms with Crippen LogP contribution in [0.4, 0.5) is 17.2 Å². The van der Waals surface area contributed by atoms with Crippen LogP contribution in [0.2, 0.25) is 0 Å². The molecule has 0 unspecified atom stereocenters. The number of benzene rings is 1. The molecule has 2 aromatic heterocycles. The number of aromatic amines is 1. The van der Waals surface area contributed by atoms with E-state index in [1.54, 1.807) is 12.3 Å². The number of para-hydroxylation sites is 1. The first kappa shape index (κ1) is 21.1. The van der Waals surface area contributed by atoms with E-state index in [0.29, 0.717) is 24.4 Å². The highest BCUT2D eigenvalue weighted by Gasteiger charge is 2.32. The van der Waals surface area contributed by atoms with Crippen LogP contribution in [0.3, 0.4) is 0 Å². The van der Waals surface area contributed by atoms with E-state index in [4.69, 9.17) is 4.18 Å². The second-order valence-electron chi connectivity index (χ2n) is 7.48. The molecular formula is C23H24N4O3S. The number of hydrogen-bond acceptors (Lipinski definition) is 6. The molecule has 1 aromatic carbocycles. The van der Waals surface area contributed by atoms with Crippen molar-refractivity contribution in [2.75, 3.05) is 23.5 Å². The van der Waals surface area contributed by atoms with E-state index >= 15 is 0 Å². The number of nitrogens with one attached hydrogen (secondary N) is 3. The lowest BCUT2D eigenvalue weighted by molar-refractivity contribution is -0.114. The third-order valence-electron chi connectivity index (χ3n) is 5.14. The Morgan fingerprint density at radius 2 is 2.06 bits per heavy atom. The summed E-state index contributed by atoms with van der Waals surface area (Å²) in [5.41, 5.74) is 4.85. The number of anilines is 3. The van der Waals surface area contributed by atoms with Gasteiger partial charge in [-0.05, 0) is 48.6 Å². The van der Waals surface area contributed by atoms with Gasteiger partial charge in [-0.15, -0.1) is 0 Å². The summed E-state index contributed by atoms with van der Waals surface area (Å²) in [6.07, 6.45) is 4.70. The second-order valence-corrected chi connectivity index (χ2v) is 8.05. The molecule has 0 saturated carbocycles. The molecule has 0 radical (unpaired) electrons. The van der Waals surface area contributed by atoms with Gasteiger partial charge in [0.1, 0.15) is 5.82 Å². The van der Waals surface area contributed by atoms with Crippen LogP contribution < -0.4 is 10.6 Å². The maximum atomic E-state index is 13.1. The van der Waals surface area contributed by atoms with Crippen LogP contribution in [0.15, 0.2) is 48.7 Å². The number of rotatable bonds is 7. The molecular weight excluding hydrogens is 412 g/mol. The van der Waals surface area contributed by atoms with Crippen LogP contribution in [0.1, 0.15) is 29.4 Å². The number of pyridine rings is 1. The lowest BCUT2D eigenvalue weighted by Gasteiger charge is -2.21. The van der Waals surface area contributed by atoms with Crippen LogP contribution in [0, 0.1) is 5.92 Å². The standard InChI is InChI=1S/C23H24N4O3S/c1-14(28)25-20-12-16(8-9-24-20)22-23(26-17-6-4-3-5-7-17)21-18(27-22)10-15(11-19(21)29)13-30-31-2/h3-9,12,15,26-27H,10-11,13H2,1-2H3,(H,24,25,28)/t15-/m1/s1. The van der Waals surface area contributed by atoms with Gasteiger partial charge in [-0.3, -0.25) is 9.59 Å². The molecule has 160 valence electrons. The monoisotopic (exact) mass is 436 g/mol. The highest BCUT2D eigenvalue weighted by atomic mass is 32.2. The van der Waals surface area contributed by atoms with Crippen molar-refractivity contribution in [2.45, 2.75) is 19.8 Å². The molecule has 0 bridgehead atoms. The summed E-state index contributed by atoms with van der Waals surface area (Å²) in [7, 11) is 0. The number of carbonyl (C=O) groups excluding carboxylic acids is 2. The Bertz CT molecular complexity index is 1100. The van der Waals surface area contributed by atoms with Crippen molar-refractivity contribution in [3.8, 4) is 11.3 Å². The molecule has 8 heteroatoms. The fourth-order valence-corrected chi connectivity index (χ4v) is 4.19. The van der Waals surface area contributed by atoms with Crippen LogP contribution in [-0.2, 0) is 15.4 Å². The SMILES string of the molecule is CSOC[C@H]1CC(=O)c2c([nH]c(-c3ccnc(NC(C)=O)c3)c2Nc2ccccc2)C1. The maximum Gasteiger partial charge on any atom is 0.222 e. The van der Waals surface area contributed by atoms with Crippen molar-refractivity contribution in [2.24, 2.45) is 5.92 Å². The van der Waals surface area contributed by atoms with E-state index in [1.165, 1.54) is 19.0 Å². The van der Waals surface area contributed by atoms with Crippen LogP contribution in [-0.4, -0.2) is 34.5 Å². The van der Waals surface area contributed by atoms with Gasteiger partial charge in [-0.1, -0.05) is 18.2 Å². The van der Waals surface area contributed by atoms with Crippen molar-refractivity contribution in [1.29, 1.82) is 0 Å². The number of hydrogen-bond donors (Lipinski definition) is 3. The predicted octanol–water partition coefficient (Wildman–Crippen LogP) is 4.82. The Hall–Kier alpha value is -3.10. The number of amides is 1. The molecule has 1 atom stereocenters. The summed E-state index contributed by atoms with van der Waals surface area (Å²) in [5.74, 6) is 0.495. The van der Waals surface area contributed by atoms with E-state index in [1.807, 2.05) is 42.7 Å². The van der Waals surface area contributed by atoms with E-state index in [-0.39, 0.29) is 17.6 Å². The van der Waals surface area contributed by atoms with Crippen LogP contribution >= 0.6 is 12.0 Å². The average molecular weight is 437 g/mol. The van der Waals surface area contributed by atoms with Crippen molar-refractivity contribution >= 4 is 40.9 Å². The van der Waals surface area contributed by atoms with Gasteiger partial charge in [0.2, 0.25) is 5.91 Å². The zero-order valence-corrected chi connectivity index (χ0v) is 18.2. The molecule has 3 aromatic rings. The van der Waals surface area contributed by atoms with Crippen molar-refractivity contribution in [3.63, 3.8) is 0 Å². The third kappa shape index (κ3) is 4.81. The highest BCUT2D eigenvalue weighted by molar-refractivity contribution is 7.93. The molecule has 1 aliphatic carbocycles. The molecule has 0 fully saturated rings. The largest absolute Gasteiger partial charge is 0.356 e. The van der Waals surface area contributed by atoms with Gasteiger partial charge in [0.05, 0.1) is 23.6 Å². The normalized spacial score (nSPS) is 15.4. The van der Waals surface area contributed by atoms with Gasteiger partial charge in [-0.2, -0.15) is 0 Å². The molecule has 0 saturated heterocycles. The zero-order chi connectivity index (χ0) is 21.8. The number of ketones is 1. The smallest absolute Gasteiger partial charge is 0.222 e. The van der Waals surface area contributed by atoms with E-state index in [9.17, 15) is 9.59 Å². The number of H-pyrrole nitrogens is 1. The van der Waals surface area contributed by atoms with Gasteiger partial charge < -0.3 is 19.8 Å². The van der Waals surface area contributed by atoms with Crippen LogP contribution in [0.25, 0.3) is 11.3 Å². The molecule has 1 aliphatic rings. The Kier molecular flexibility index (Phi) is 6.39. The summed E-state index contributed by atoms with van der Waals surface area (Å²) in [4.78, 5) is 32.3. The fraction of sp³-hybridized carbons (Fsp3) is 0.261. The lowest BCUT2D eigenvalue weighted by atomic mass is 9.86. The number of carbonyl (C=O) groups is 2. The topological polar surface area (TPSA) is 96.1 Å². The third-order valence-corrected chi connectivity index (χ3v) is 5.51. The van der Waals surface area contributed by atoms with Crippen molar-refractivity contribution in [3.05, 3.63) is 59.9 Å². The molecule has 1 amide bonds. The minimum Gasteiger partial charge on any atom is -0.356 e. The van der Waals surface area contributed by atoms with Crippen molar-refractivity contribution in [1.82, 2.24) is 9.97 Å². The van der Waals surface area contributed by atoms with E-state index < -0.39 is 0 Å². The van der Waals surface area contributed by atoms with Crippen molar-refractivity contribution < 1.29 is 13.8 Å². The molecule has 31 heavy (non-hydrogen) atoms. The van der Waals surface area contributed by atoms with Gasteiger partial charge in [-0.25, -0.2) is 4.98 Å². The first-order valence-electron chi connectivity index (χ1n) is 10.0. The Labute approximate surface area is 185 Å². The zero-order valence-electron chi connectivity index (χ0n) is 17.4. The Balaban J connectivity index is 1.77. The molecule has 0 aliphatic heterocycles. The molecule has 7 nitrogen and oxygen atoms in total. The predicted molar refractivity (Wildman–Crippen MR) is 124 cm³/mol. The minimum atomic E-state index is -0.190. The first-order chi connectivity index (χ1) is 15.0. The molecule has 0 spiro atoms. The lowest BCUT2D eigenvalue weighted by Crippen LogP contribution is -2.23. The molecule has 3 N–H and O–H groups in total. The van der Waals surface area contributed by atoms with E-state index in [2.05, 4.69) is 20.6 Å². The summed E-state index contributed by atoms with van der Waals surface area (Å²) < 4.78 is 5.49. The number of Topliss-reactive ketones (excluding diaryl/α,β-unsaturated/α-hetero) is 1. The van der Waals surface area contributed by atoms with Gasteiger partial charge in [0.15, 0.2) is 5.78 Å². The Morgan fingerprint density at radius 1 is 1.26 bits per heavy atom. The first-order valence-corrected chi connectivity index (χ1v) is 11.2. The number of aromatic nitrogens is 2. The summed E-state index contributed by atoms with van der Waals surface area (Å²) in [6, 6.07) is 13.4. The van der Waals surface area contributed by atoms with Gasteiger partial charge in [0.25, 0.3) is 0 Å². The van der Waals surface area contributed by atoms with Gasteiger partial charge >= 0.3 is 0 Å². The number of nitrogens with zero attached hydrogens (tertiary/aromatic N) is 1.